The molecule has 5 nitrogen and oxygen atoms in total. The number of methoxy groups -OCH3 is 1. The Morgan fingerprint density at radius 3 is 2.64 bits per heavy atom. The first-order valence-corrected chi connectivity index (χ1v) is 8.38. The Kier molecular flexibility index (Phi) is 4.59. The third kappa shape index (κ3) is 3.75. The number of nitrogens with zero attached hydrogens (tertiary/aromatic N) is 2. The van der Waals surface area contributed by atoms with Gasteiger partial charge >= 0.3 is 4.87 Å². The highest BCUT2D eigenvalue weighted by molar-refractivity contribution is 7.08. The molecule has 1 N–H and O–H groups in total. The Hall–Kier alpha value is -1.66. The summed E-state index contributed by atoms with van der Waals surface area (Å²) < 4.78 is 5.21. The van der Waals surface area contributed by atoms with Crippen molar-refractivity contribution in [1.29, 1.82) is 0 Å². The lowest BCUT2D eigenvalue weighted by Gasteiger charge is -2.28. The number of hydrogen-bond donors (Lipinski definition) is 1. The molecule has 1 fully saturated rings. The molecule has 0 amide bonds. The zero-order valence-corrected chi connectivity index (χ0v) is 13.7. The Morgan fingerprint density at radius 1 is 1.36 bits per heavy atom. The van der Waals surface area contributed by atoms with Crippen LogP contribution in [0, 0.1) is 5.92 Å². The number of ether oxygens (including phenoxy) is 1. The van der Waals surface area contributed by atoms with Gasteiger partial charge in [-0.3, -0.25) is 9.69 Å². The van der Waals surface area contributed by atoms with Crippen molar-refractivity contribution in [2.75, 3.05) is 7.11 Å². The van der Waals surface area contributed by atoms with E-state index in [1.807, 2.05) is 12.1 Å². The van der Waals surface area contributed by atoms with E-state index in [4.69, 9.17) is 4.74 Å². The minimum absolute atomic E-state index is 0.0847. The fourth-order valence-electron chi connectivity index (χ4n) is 2.69. The summed E-state index contributed by atoms with van der Waals surface area (Å²) >= 11 is 1.20. The van der Waals surface area contributed by atoms with Crippen LogP contribution >= 0.6 is 11.3 Å². The smallest absolute Gasteiger partial charge is 0.322 e. The van der Waals surface area contributed by atoms with Gasteiger partial charge in [0.1, 0.15) is 10.8 Å². The molecular weight excluding hydrogens is 298 g/mol. The van der Waals surface area contributed by atoms with E-state index in [1.165, 1.54) is 29.7 Å². The van der Waals surface area contributed by atoms with Gasteiger partial charge in [0.25, 0.3) is 0 Å². The van der Waals surface area contributed by atoms with Gasteiger partial charge in [0.2, 0.25) is 0 Å². The van der Waals surface area contributed by atoms with Gasteiger partial charge in [0, 0.05) is 12.6 Å². The Balaban J connectivity index is 1.73. The van der Waals surface area contributed by atoms with Crippen molar-refractivity contribution in [2.24, 2.45) is 5.92 Å². The zero-order chi connectivity index (χ0) is 15.5. The van der Waals surface area contributed by atoms with E-state index in [0.717, 1.165) is 23.2 Å². The summed E-state index contributed by atoms with van der Waals surface area (Å²) in [5.41, 5.74) is 1.25. The molecule has 2 aromatic rings. The molecule has 1 aliphatic carbocycles. The Bertz CT molecular complexity index is 661. The molecule has 1 heterocycles. The highest BCUT2D eigenvalue weighted by Crippen LogP contribution is 2.36. The van der Waals surface area contributed by atoms with Crippen molar-refractivity contribution in [3.63, 3.8) is 0 Å². The van der Waals surface area contributed by atoms with Crippen molar-refractivity contribution >= 4 is 11.3 Å². The van der Waals surface area contributed by atoms with Crippen LogP contribution in [0.3, 0.4) is 0 Å². The van der Waals surface area contributed by atoms with Crippen LogP contribution in [0.4, 0.5) is 0 Å². The molecule has 22 heavy (non-hydrogen) atoms. The monoisotopic (exact) mass is 319 g/mol. The quantitative estimate of drug-likeness (QED) is 0.852. The number of rotatable bonds is 7. The van der Waals surface area contributed by atoms with Gasteiger partial charge in [-0.05, 0) is 43.4 Å². The van der Waals surface area contributed by atoms with Gasteiger partial charge in [-0.15, -0.1) is 0 Å². The molecule has 0 aliphatic heterocycles. The molecular formula is C16H21N3O2S. The van der Waals surface area contributed by atoms with Gasteiger partial charge in [-0.25, -0.2) is 5.10 Å². The number of aromatic amines is 1. The Morgan fingerprint density at radius 2 is 2.09 bits per heavy atom. The van der Waals surface area contributed by atoms with Gasteiger partial charge in [0.15, 0.2) is 0 Å². The van der Waals surface area contributed by atoms with E-state index < -0.39 is 0 Å². The summed E-state index contributed by atoms with van der Waals surface area (Å²) in [4.78, 5) is 13.6. The number of aromatic nitrogens is 2. The average Bonchev–Trinajstić information content (AvgIpc) is 3.30. The second kappa shape index (κ2) is 6.62. The van der Waals surface area contributed by atoms with Crippen LogP contribution in [0.2, 0.25) is 0 Å². The molecule has 1 saturated carbocycles. The predicted octanol–water partition coefficient (Wildman–Crippen LogP) is 2.64. The van der Waals surface area contributed by atoms with Crippen LogP contribution in [0.5, 0.6) is 5.75 Å². The standard InChI is InChI=1S/C16H21N3O2S/c1-11(13-5-6-13)19(10-15-17-18-16(20)22-15)9-12-3-7-14(21-2)8-4-12/h3-4,7-8,11,13H,5-6,9-10H2,1-2H3,(H,18,20). The molecule has 1 aliphatic rings. The fraction of sp³-hybridized carbons (Fsp3) is 0.500. The average molecular weight is 319 g/mol. The molecule has 0 bridgehead atoms. The minimum Gasteiger partial charge on any atom is -0.497 e. The highest BCUT2D eigenvalue weighted by atomic mass is 32.1. The summed E-state index contributed by atoms with van der Waals surface area (Å²) in [5.74, 6) is 1.64. The number of nitrogens with one attached hydrogen (secondary N) is 1. The van der Waals surface area contributed by atoms with E-state index >= 15 is 0 Å². The van der Waals surface area contributed by atoms with E-state index in [0.29, 0.717) is 12.6 Å². The van der Waals surface area contributed by atoms with E-state index in [9.17, 15) is 4.79 Å². The second-order valence-electron chi connectivity index (χ2n) is 5.84. The molecule has 0 radical (unpaired) electrons. The summed E-state index contributed by atoms with van der Waals surface area (Å²) in [7, 11) is 1.68. The molecule has 3 rings (SSSR count). The van der Waals surface area contributed by atoms with Crippen molar-refractivity contribution in [2.45, 2.75) is 38.9 Å². The first-order valence-electron chi connectivity index (χ1n) is 7.57. The summed E-state index contributed by atoms with van der Waals surface area (Å²) in [5, 5.41) is 7.47. The lowest BCUT2D eigenvalue weighted by Crippen LogP contribution is -2.33. The van der Waals surface area contributed by atoms with Crippen LogP contribution in [0.15, 0.2) is 29.1 Å². The topological polar surface area (TPSA) is 58.2 Å². The largest absolute Gasteiger partial charge is 0.497 e. The van der Waals surface area contributed by atoms with Crippen molar-refractivity contribution in [3.05, 3.63) is 44.5 Å². The molecule has 1 aromatic carbocycles. The summed E-state index contributed by atoms with van der Waals surface area (Å²) in [6, 6.07) is 8.67. The maximum absolute atomic E-state index is 11.3. The minimum atomic E-state index is -0.0847. The third-order valence-electron chi connectivity index (χ3n) is 4.25. The normalized spacial score (nSPS) is 16.0. The van der Waals surface area contributed by atoms with Crippen molar-refractivity contribution in [3.8, 4) is 5.75 Å². The lowest BCUT2D eigenvalue weighted by atomic mass is 10.1. The maximum atomic E-state index is 11.3. The van der Waals surface area contributed by atoms with Crippen LogP contribution in [0.25, 0.3) is 0 Å². The molecule has 1 aromatic heterocycles. The highest BCUT2D eigenvalue weighted by Gasteiger charge is 2.32. The maximum Gasteiger partial charge on any atom is 0.322 e. The second-order valence-corrected chi connectivity index (χ2v) is 6.88. The van der Waals surface area contributed by atoms with Gasteiger partial charge in [-0.2, -0.15) is 5.10 Å². The van der Waals surface area contributed by atoms with Gasteiger partial charge in [0.05, 0.1) is 13.7 Å². The predicted molar refractivity (Wildman–Crippen MR) is 87.2 cm³/mol. The van der Waals surface area contributed by atoms with Crippen LogP contribution in [-0.4, -0.2) is 28.2 Å². The molecule has 1 unspecified atom stereocenters. The summed E-state index contributed by atoms with van der Waals surface area (Å²) in [6.45, 7) is 3.85. The van der Waals surface area contributed by atoms with Crippen LogP contribution in [0.1, 0.15) is 30.3 Å². The first-order chi connectivity index (χ1) is 10.7. The van der Waals surface area contributed by atoms with E-state index in [-0.39, 0.29) is 4.87 Å². The number of benzene rings is 1. The summed E-state index contributed by atoms with van der Waals surface area (Å²) in [6.07, 6.45) is 2.61. The lowest BCUT2D eigenvalue weighted by molar-refractivity contribution is 0.171. The Labute approximate surface area is 133 Å². The van der Waals surface area contributed by atoms with Gasteiger partial charge < -0.3 is 4.74 Å². The number of hydrogen-bond acceptors (Lipinski definition) is 5. The SMILES string of the molecule is COc1ccc(CN(Cc2n[nH]c(=O)s2)C(C)C2CC2)cc1. The number of H-pyrrole nitrogens is 1. The molecule has 118 valence electrons. The van der Waals surface area contributed by atoms with Gasteiger partial charge in [-0.1, -0.05) is 23.5 Å². The molecule has 0 saturated heterocycles. The van der Waals surface area contributed by atoms with Crippen molar-refractivity contribution in [1.82, 2.24) is 15.1 Å². The van der Waals surface area contributed by atoms with E-state index in [1.54, 1.807) is 7.11 Å². The third-order valence-corrected chi connectivity index (χ3v) is 4.98. The molecule has 6 heteroatoms. The molecule has 1 atom stereocenters. The fourth-order valence-corrected chi connectivity index (χ4v) is 3.32. The first kappa shape index (κ1) is 15.2. The van der Waals surface area contributed by atoms with Crippen LogP contribution in [-0.2, 0) is 13.1 Å². The van der Waals surface area contributed by atoms with E-state index in [2.05, 4.69) is 34.2 Å². The van der Waals surface area contributed by atoms with Crippen molar-refractivity contribution < 1.29 is 4.74 Å². The zero-order valence-electron chi connectivity index (χ0n) is 12.9. The molecule has 0 spiro atoms. The van der Waals surface area contributed by atoms with Crippen LogP contribution < -0.4 is 9.61 Å².